The van der Waals surface area contributed by atoms with Gasteiger partial charge in [-0.15, -0.1) is 0 Å². The molecule has 20 heavy (non-hydrogen) atoms. The molecular weight excluding hydrogens is 292 g/mol. The molecule has 1 heterocycles. The minimum Gasteiger partial charge on any atom is -0.382 e. The average Bonchev–Trinajstić information content (AvgIpc) is 2.45. The second kappa shape index (κ2) is 6.84. The first-order valence-corrected chi connectivity index (χ1v) is 10.5. The molecule has 112 valence electrons. The molecule has 0 radical (unpaired) electrons. The van der Waals surface area contributed by atoms with Crippen molar-refractivity contribution in [3.05, 3.63) is 29.8 Å². The summed E-state index contributed by atoms with van der Waals surface area (Å²) in [5.74, 6) is 0.386. The molecule has 1 aromatic rings. The zero-order chi connectivity index (χ0) is 14.6. The molecule has 6 heteroatoms. The fraction of sp³-hybridized carbons (Fsp3) is 0.571. The third-order valence-electron chi connectivity index (χ3n) is 3.89. The van der Waals surface area contributed by atoms with Crippen molar-refractivity contribution in [3.63, 3.8) is 0 Å². The van der Waals surface area contributed by atoms with Crippen molar-refractivity contribution in [2.75, 3.05) is 6.61 Å². The highest BCUT2D eigenvalue weighted by atomic mass is 32.2. The molecule has 1 N–H and O–H groups in total. The van der Waals surface area contributed by atoms with Gasteiger partial charge in [-0.05, 0) is 30.5 Å². The molecule has 0 saturated carbocycles. The van der Waals surface area contributed by atoms with Crippen molar-refractivity contribution in [1.82, 2.24) is 0 Å². The normalized spacial score (nSPS) is 24.3. The Hall–Kier alpha value is -0.693. The molecule has 1 aromatic carbocycles. The van der Waals surface area contributed by atoms with Gasteiger partial charge in [0.2, 0.25) is 0 Å². The molecule has 2 atom stereocenters. The minimum atomic E-state index is -4.10. The van der Waals surface area contributed by atoms with Gasteiger partial charge in [0.05, 0.1) is 14.4 Å². The highest BCUT2D eigenvalue weighted by Crippen LogP contribution is 2.31. The molecule has 1 fully saturated rings. The lowest BCUT2D eigenvalue weighted by Crippen LogP contribution is -2.33. The van der Waals surface area contributed by atoms with Crippen LogP contribution in [0.2, 0.25) is 6.04 Å². The maximum atomic E-state index is 11.1. The van der Waals surface area contributed by atoms with E-state index in [4.69, 9.17) is 9.29 Å². The molecule has 0 aromatic heterocycles. The van der Waals surface area contributed by atoms with Gasteiger partial charge in [0, 0.05) is 18.3 Å². The molecule has 1 aliphatic rings. The van der Waals surface area contributed by atoms with Crippen LogP contribution in [0.25, 0.3) is 0 Å². The van der Waals surface area contributed by atoms with Gasteiger partial charge in [0.25, 0.3) is 10.1 Å². The molecule has 0 amide bonds. The summed E-state index contributed by atoms with van der Waals surface area (Å²) in [7, 11) is -4.35. The zero-order valence-electron chi connectivity index (χ0n) is 11.8. The second-order valence-corrected chi connectivity index (χ2v) is 8.86. The minimum absolute atomic E-state index is 0.0414. The van der Waals surface area contributed by atoms with E-state index in [1.165, 1.54) is 24.6 Å². The van der Waals surface area contributed by atoms with Gasteiger partial charge >= 0.3 is 0 Å². The summed E-state index contributed by atoms with van der Waals surface area (Å²) in [6, 6.07) is 7.88. The van der Waals surface area contributed by atoms with Crippen LogP contribution >= 0.6 is 0 Å². The van der Waals surface area contributed by atoms with Crippen molar-refractivity contribution < 1.29 is 17.7 Å². The lowest BCUT2D eigenvalue weighted by molar-refractivity contribution is 0.0482. The zero-order valence-corrected chi connectivity index (χ0v) is 14.0. The second-order valence-electron chi connectivity index (χ2n) is 5.34. The molecule has 1 aliphatic heterocycles. The van der Waals surface area contributed by atoms with Crippen LogP contribution in [0.5, 0.6) is 0 Å². The Bertz CT molecular complexity index is 527. The highest BCUT2D eigenvalue weighted by molar-refractivity contribution is 7.85. The van der Waals surface area contributed by atoms with Crippen molar-refractivity contribution in [2.24, 2.45) is 0 Å². The quantitative estimate of drug-likeness (QED) is 0.668. The van der Waals surface area contributed by atoms with E-state index >= 15 is 0 Å². The first-order chi connectivity index (χ1) is 9.52. The number of hydrogen-bond donors (Lipinski definition) is 1. The Morgan fingerprint density at radius 2 is 2.05 bits per heavy atom. The number of rotatable bonds is 5. The van der Waals surface area contributed by atoms with Crippen LogP contribution in [0.3, 0.4) is 0 Å². The summed E-state index contributed by atoms with van der Waals surface area (Å²) in [6.07, 6.45) is 3.37. The van der Waals surface area contributed by atoms with Crippen LogP contribution in [-0.2, 0) is 14.9 Å². The number of ether oxygens (including phenoxy) is 1. The molecule has 2 rings (SSSR count). The first-order valence-electron chi connectivity index (χ1n) is 7.21. The third-order valence-corrected chi connectivity index (χ3v) is 7.25. The fourth-order valence-corrected chi connectivity index (χ4v) is 5.33. The first kappa shape index (κ1) is 15.7. The Morgan fingerprint density at radius 1 is 1.35 bits per heavy atom. The lowest BCUT2D eigenvalue weighted by Gasteiger charge is -2.32. The van der Waals surface area contributed by atoms with Crippen LogP contribution in [-0.4, -0.2) is 34.8 Å². The molecule has 4 nitrogen and oxygen atoms in total. The third kappa shape index (κ3) is 3.91. The van der Waals surface area contributed by atoms with Crippen LogP contribution in [0, 0.1) is 0 Å². The average molecular weight is 314 g/mol. The van der Waals surface area contributed by atoms with Gasteiger partial charge in [-0.25, -0.2) is 0 Å². The Labute approximate surface area is 123 Å². The van der Waals surface area contributed by atoms with E-state index in [0.717, 1.165) is 25.0 Å². The van der Waals surface area contributed by atoms with Gasteiger partial charge in [-0.2, -0.15) is 8.42 Å². The number of hydrogen-bond acceptors (Lipinski definition) is 3. The van der Waals surface area contributed by atoms with Gasteiger partial charge in [-0.1, -0.05) is 31.5 Å². The van der Waals surface area contributed by atoms with E-state index in [1.807, 2.05) is 12.1 Å². The summed E-state index contributed by atoms with van der Waals surface area (Å²) >= 11 is 0. The molecule has 2 unspecified atom stereocenters. The summed E-state index contributed by atoms with van der Waals surface area (Å²) in [5.41, 5.74) is 1.49. The smallest absolute Gasteiger partial charge is 0.294 e. The van der Waals surface area contributed by atoms with E-state index in [-0.39, 0.29) is 14.4 Å². The predicted molar refractivity (Wildman–Crippen MR) is 81.6 cm³/mol. The van der Waals surface area contributed by atoms with Crippen LogP contribution in [0.1, 0.15) is 37.7 Å². The molecule has 1 saturated heterocycles. The van der Waals surface area contributed by atoms with E-state index in [9.17, 15) is 8.42 Å². The van der Waals surface area contributed by atoms with Gasteiger partial charge < -0.3 is 4.74 Å². The van der Waals surface area contributed by atoms with E-state index in [2.05, 4.69) is 6.92 Å². The monoisotopic (exact) mass is 314 g/mol. The molecular formula is C14H22O4SSi. The lowest BCUT2D eigenvalue weighted by atomic mass is 9.93. The highest BCUT2D eigenvalue weighted by Gasteiger charge is 2.27. The van der Waals surface area contributed by atoms with Gasteiger partial charge in [0.15, 0.2) is 0 Å². The predicted octanol–water partition coefficient (Wildman–Crippen LogP) is 2.15. The van der Waals surface area contributed by atoms with Crippen molar-refractivity contribution in [1.29, 1.82) is 0 Å². The van der Waals surface area contributed by atoms with E-state index in [1.54, 1.807) is 0 Å². The number of benzene rings is 1. The van der Waals surface area contributed by atoms with Crippen molar-refractivity contribution in [3.8, 4) is 0 Å². The maximum absolute atomic E-state index is 11.1. The van der Waals surface area contributed by atoms with Gasteiger partial charge in [-0.3, -0.25) is 4.55 Å². The van der Waals surface area contributed by atoms with Crippen LogP contribution in [0.4, 0.5) is 0 Å². The van der Waals surface area contributed by atoms with Gasteiger partial charge in [0.1, 0.15) is 0 Å². The van der Waals surface area contributed by atoms with Crippen molar-refractivity contribution >= 4 is 19.6 Å². The molecule has 0 bridgehead atoms. The maximum Gasteiger partial charge on any atom is 0.294 e. The van der Waals surface area contributed by atoms with E-state index in [0.29, 0.717) is 11.6 Å². The SMILES string of the molecule is CCC[SiH2]C1OCCCC1c1ccc(S(=O)(=O)O)cc1. The largest absolute Gasteiger partial charge is 0.382 e. The van der Waals surface area contributed by atoms with Crippen LogP contribution in [0.15, 0.2) is 29.2 Å². The summed E-state index contributed by atoms with van der Waals surface area (Å²) in [6.45, 7) is 3.05. The summed E-state index contributed by atoms with van der Waals surface area (Å²) < 4.78 is 37.1. The Balaban J connectivity index is 2.15. The molecule has 0 aliphatic carbocycles. The van der Waals surface area contributed by atoms with Crippen LogP contribution < -0.4 is 0 Å². The molecule has 0 spiro atoms. The Morgan fingerprint density at radius 3 is 2.65 bits per heavy atom. The summed E-state index contributed by atoms with van der Waals surface area (Å²) in [4.78, 5) is -0.0414. The fourth-order valence-electron chi connectivity index (χ4n) is 2.80. The van der Waals surface area contributed by atoms with Crippen molar-refractivity contribution in [2.45, 2.75) is 48.8 Å². The Kier molecular flexibility index (Phi) is 5.37. The topological polar surface area (TPSA) is 63.6 Å². The summed E-state index contributed by atoms with van der Waals surface area (Å²) in [5, 5.41) is 0. The van der Waals surface area contributed by atoms with E-state index < -0.39 is 10.1 Å². The standard InChI is InChI=1S/C14H22O4SSi/c1-2-10-20-14-13(4-3-9-18-14)11-5-7-12(8-6-11)19(15,16)17/h5-8,13-14H,2-4,9-10,20H2,1H3,(H,15,16,17).